The highest BCUT2D eigenvalue weighted by Crippen LogP contribution is 2.29. The lowest BCUT2D eigenvalue weighted by molar-refractivity contribution is -0.139. The zero-order valence-corrected chi connectivity index (χ0v) is 24.1. The summed E-state index contributed by atoms with van der Waals surface area (Å²) in [5.41, 5.74) is 1.25. The third-order valence-corrected chi connectivity index (χ3v) is 6.60. The van der Waals surface area contributed by atoms with Crippen LogP contribution < -0.4 is 14.2 Å². The summed E-state index contributed by atoms with van der Waals surface area (Å²) in [4.78, 5) is 37.5. The fourth-order valence-electron chi connectivity index (χ4n) is 4.28. The molecule has 0 fully saturated rings. The minimum atomic E-state index is -0.694. The van der Waals surface area contributed by atoms with E-state index in [0.717, 1.165) is 18.4 Å². The summed E-state index contributed by atoms with van der Waals surface area (Å²) >= 11 is 0. The average molecular weight is 561 g/mol. The summed E-state index contributed by atoms with van der Waals surface area (Å²) in [6.45, 7) is 3.05. The zero-order chi connectivity index (χ0) is 29.3. The number of ether oxygens (including phenoxy) is 4. The lowest BCUT2D eigenvalue weighted by atomic mass is 10.1. The number of unbranched alkanes of at least 4 members (excludes halogenated alkanes) is 7. The Balaban J connectivity index is 1.68. The third-order valence-electron chi connectivity index (χ3n) is 6.60. The smallest absolute Gasteiger partial charge is 0.347 e. The summed E-state index contributed by atoms with van der Waals surface area (Å²) in [7, 11) is 1.21. The number of hydrogen-bond donors (Lipinski definition) is 0. The number of esters is 2. The van der Waals surface area contributed by atoms with Crippen LogP contribution in [-0.2, 0) is 16.1 Å². The highest BCUT2D eigenvalue weighted by Gasteiger charge is 2.21. The van der Waals surface area contributed by atoms with Crippen LogP contribution in [0, 0.1) is 0 Å². The van der Waals surface area contributed by atoms with Crippen molar-refractivity contribution in [1.82, 2.24) is 0 Å². The molecule has 3 aromatic carbocycles. The second-order valence-corrected chi connectivity index (χ2v) is 9.82. The van der Waals surface area contributed by atoms with Crippen LogP contribution in [-0.4, -0.2) is 31.4 Å². The highest BCUT2D eigenvalue weighted by atomic mass is 16.5. The number of methoxy groups -OCH3 is 1. The van der Waals surface area contributed by atoms with E-state index in [4.69, 9.17) is 14.2 Å². The molecule has 0 amide bonds. The first-order chi connectivity index (χ1) is 20.0. The number of Topliss-reactive ketones (excluding diaryl/α,β-unsaturated/α-hetero) is 1. The first-order valence-electron chi connectivity index (χ1n) is 14.4. The van der Waals surface area contributed by atoms with Gasteiger partial charge in [0.25, 0.3) is 0 Å². The summed E-state index contributed by atoms with van der Waals surface area (Å²) in [5.74, 6) is -0.913. The summed E-state index contributed by atoms with van der Waals surface area (Å²) in [6.07, 6.45) is 9.23. The van der Waals surface area contributed by atoms with Crippen LogP contribution in [0.15, 0.2) is 72.8 Å². The molecule has 7 nitrogen and oxygen atoms in total. The fourth-order valence-corrected chi connectivity index (χ4v) is 4.28. The van der Waals surface area contributed by atoms with Crippen LogP contribution in [0.2, 0.25) is 0 Å². The first kappa shape index (κ1) is 31.4. The molecule has 0 aliphatic rings. The Kier molecular flexibility index (Phi) is 13.4. The molecule has 0 atom stereocenters. The monoisotopic (exact) mass is 560 g/mol. The maximum Gasteiger partial charge on any atom is 0.347 e. The van der Waals surface area contributed by atoms with E-state index >= 15 is 0 Å². The van der Waals surface area contributed by atoms with Crippen molar-refractivity contribution in [2.24, 2.45) is 0 Å². The van der Waals surface area contributed by atoms with E-state index in [1.54, 1.807) is 30.3 Å². The van der Waals surface area contributed by atoms with E-state index in [-0.39, 0.29) is 23.5 Å². The van der Waals surface area contributed by atoms with Gasteiger partial charge in [-0.3, -0.25) is 9.59 Å². The Morgan fingerprint density at radius 3 is 2.10 bits per heavy atom. The Hall–Kier alpha value is -4.13. The molecule has 0 bridgehead atoms. The fraction of sp³-hybridized carbons (Fsp3) is 0.382. The topological polar surface area (TPSA) is 88.1 Å². The summed E-state index contributed by atoms with van der Waals surface area (Å²) in [6, 6.07) is 20.9. The van der Waals surface area contributed by atoms with Gasteiger partial charge >= 0.3 is 11.9 Å². The van der Waals surface area contributed by atoms with Gasteiger partial charge < -0.3 is 18.9 Å². The molecular weight excluding hydrogens is 520 g/mol. The second kappa shape index (κ2) is 17.5. The van der Waals surface area contributed by atoms with Gasteiger partial charge in [0.1, 0.15) is 35.8 Å². The van der Waals surface area contributed by atoms with Crippen LogP contribution >= 0.6 is 0 Å². The molecule has 3 rings (SSSR count). The van der Waals surface area contributed by atoms with E-state index in [9.17, 15) is 14.4 Å². The lowest BCUT2D eigenvalue weighted by Crippen LogP contribution is -2.15. The molecule has 0 radical (unpaired) electrons. The van der Waals surface area contributed by atoms with Gasteiger partial charge in [-0.15, -0.1) is 0 Å². The van der Waals surface area contributed by atoms with Gasteiger partial charge in [0, 0.05) is 6.07 Å². The van der Waals surface area contributed by atoms with Crippen molar-refractivity contribution in [3.8, 4) is 17.2 Å². The van der Waals surface area contributed by atoms with Crippen LogP contribution in [0.3, 0.4) is 0 Å². The van der Waals surface area contributed by atoms with Crippen molar-refractivity contribution in [2.75, 3.05) is 13.7 Å². The van der Waals surface area contributed by atoms with E-state index < -0.39 is 24.1 Å². The molecule has 0 unspecified atom stereocenters. The highest BCUT2D eigenvalue weighted by molar-refractivity contribution is 6.08. The Labute approximate surface area is 242 Å². The molecule has 0 heterocycles. The van der Waals surface area contributed by atoms with E-state index in [1.165, 1.54) is 57.8 Å². The number of benzene rings is 3. The Morgan fingerprint density at radius 2 is 1.37 bits per heavy atom. The molecule has 0 aromatic heterocycles. The standard InChI is InChI=1S/C34H40O7/c1-3-4-5-6-7-8-9-15-22-39-27-20-21-29(32(23-27)40-25-26-16-11-10-12-17-26)34(37)41-31-19-14-13-18-28(31)30(35)24-33(36)38-2/h10-14,16-21,23H,3-9,15,22,24-25H2,1-2H3. The molecule has 218 valence electrons. The number of hydrogen-bond acceptors (Lipinski definition) is 7. The van der Waals surface area contributed by atoms with Crippen molar-refractivity contribution in [3.05, 3.63) is 89.5 Å². The van der Waals surface area contributed by atoms with E-state index in [2.05, 4.69) is 11.7 Å². The minimum absolute atomic E-state index is 0.0513. The molecule has 41 heavy (non-hydrogen) atoms. The SMILES string of the molecule is CCCCCCCCCCOc1ccc(C(=O)Oc2ccccc2C(=O)CC(=O)OC)c(OCc2ccccc2)c1. The molecule has 0 aliphatic heterocycles. The molecule has 0 saturated heterocycles. The number of para-hydroxylation sites is 1. The molecular formula is C34H40O7. The first-order valence-corrected chi connectivity index (χ1v) is 14.4. The maximum atomic E-state index is 13.3. The predicted molar refractivity (Wildman–Crippen MR) is 158 cm³/mol. The van der Waals surface area contributed by atoms with E-state index in [1.807, 2.05) is 30.3 Å². The van der Waals surface area contributed by atoms with Gasteiger partial charge in [0.15, 0.2) is 5.78 Å². The maximum absolute atomic E-state index is 13.3. The van der Waals surface area contributed by atoms with Gasteiger partial charge in [-0.05, 0) is 36.2 Å². The molecule has 7 heteroatoms. The number of carbonyl (C=O) groups is 3. The van der Waals surface area contributed by atoms with Crippen LogP contribution in [0.4, 0.5) is 0 Å². The second-order valence-electron chi connectivity index (χ2n) is 9.82. The number of rotatable bonds is 18. The van der Waals surface area contributed by atoms with Gasteiger partial charge in [-0.25, -0.2) is 4.79 Å². The van der Waals surface area contributed by atoms with Crippen molar-refractivity contribution in [1.29, 1.82) is 0 Å². The van der Waals surface area contributed by atoms with Gasteiger partial charge in [0.05, 0.1) is 19.3 Å². The average Bonchev–Trinajstić information content (AvgIpc) is 2.99. The number of carbonyl (C=O) groups excluding carboxylic acids is 3. The Morgan fingerprint density at radius 1 is 0.683 bits per heavy atom. The molecule has 0 aliphatic carbocycles. The van der Waals surface area contributed by atoms with Crippen molar-refractivity contribution >= 4 is 17.7 Å². The number of ketones is 1. The van der Waals surface area contributed by atoms with Gasteiger partial charge in [0.2, 0.25) is 0 Å². The van der Waals surface area contributed by atoms with Crippen molar-refractivity contribution < 1.29 is 33.3 Å². The largest absolute Gasteiger partial charge is 0.493 e. The van der Waals surface area contributed by atoms with Crippen LogP contribution in [0.1, 0.15) is 91.0 Å². The Bertz CT molecular complexity index is 1250. The minimum Gasteiger partial charge on any atom is -0.493 e. The molecule has 0 spiro atoms. The normalized spacial score (nSPS) is 10.6. The predicted octanol–water partition coefficient (Wildman–Crippen LogP) is 7.75. The molecule has 3 aromatic rings. The van der Waals surface area contributed by atoms with Gasteiger partial charge in [-0.2, -0.15) is 0 Å². The van der Waals surface area contributed by atoms with Crippen molar-refractivity contribution in [3.63, 3.8) is 0 Å². The van der Waals surface area contributed by atoms with Crippen LogP contribution in [0.25, 0.3) is 0 Å². The van der Waals surface area contributed by atoms with Gasteiger partial charge in [-0.1, -0.05) is 94.3 Å². The zero-order valence-electron chi connectivity index (χ0n) is 24.1. The van der Waals surface area contributed by atoms with E-state index in [0.29, 0.717) is 18.1 Å². The lowest BCUT2D eigenvalue weighted by Gasteiger charge is -2.15. The third kappa shape index (κ3) is 10.7. The molecule has 0 saturated carbocycles. The molecule has 0 N–H and O–H groups in total. The van der Waals surface area contributed by atoms with Crippen molar-refractivity contribution in [2.45, 2.75) is 71.3 Å². The quantitative estimate of drug-likeness (QED) is 0.0517. The summed E-state index contributed by atoms with van der Waals surface area (Å²) < 4.78 is 22.2. The summed E-state index contributed by atoms with van der Waals surface area (Å²) in [5, 5.41) is 0. The van der Waals surface area contributed by atoms with Crippen LogP contribution in [0.5, 0.6) is 17.2 Å².